The number of halogens is 2. The zero-order chi connectivity index (χ0) is 14.1. The summed E-state index contributed by atoms with van der Waals surface area (Å²) in [6, 6.07) is 8.16. The number of fused-ring (bicyclic) bond motifs is 1. The number of hydrogen-bond donors (Lipinski definition) is 2. The number of hydrogen-bond acceptors (Lipinski definition) is 3. The normalized spacial score (nSPS) is 16.8. The molecule has 0 saturated carbocycles. The Morgan fingerprint density at radius 3 is 2.90 bits per heavy atom. The zero-order valence-electron chi connectivity index (χ0n) is 10.6. The fourth-order valence-electron chi connectivity index (χ4n) is 2.28. The maximum atomic E-state index is 13.5. The highest BCUT2D eigenvalue weighted by Crippen LogP contribution is 2.35. The van der Waals surface area contributed by atoms with Gasteiger partial charge in [0.15, 0.2) is 0 Å². The monoisotopic (exact) mass is 277 g/mol. The predicted molar refractivity (Wildman–Crippen MR) is 69.5 cm³/mol. The minimum atomic E-state index is -0.462. The van der Waals surface area contributed by atoms with E-state index < -0.39 is 11.6 Å². The molecule has 0 saturated heterocycles. The molecule has 0 aromatic heterocycles. The van der Waals surface area contributed by atoms with E-state index in [1.54, 1.807) is 18.2 Å². The molecule has 20 heavy (non-hydrogen) atoms. The maximum Gasteiger partial charge on any atom is 0.127 e. The van der Waals surface area contributed by atoms with Crippen molar-refractivity contribution in [1.82, 2.24) is 5.32 Å². The molecule has 3 rings (SSSR count). The SMILES string of the molecule is Oc1ccc2c(c1)OCC2NCc1cc(F)ccc1F. The van der Waals surface area contributed by atoms with Crippen LogP contribution in [0.25, 0.3) is 0 Å². The number of ether oxygens (including phenoxy) is 1. The molecule has 0 aliphatic carbocycles. The standard InChI is InChI=1S/C15H13F2NO2/c16-10-1-4-13(17)9(5-10)7-18-14-8-20-15-6-11(19)2-3-12(14)15/h1-6,14,18-19H,7-8H2. The van der Waals surface area contributed by atoms with E-state index in [1.807, 2.05) is 0 Å². The molecule has 104 valence electrons. The van der Waals surface area contributed by atoms with Gasteiger partial charge in [0.1, 0.15) is 29.7 Å². The van der Waals surface area contributed by atoms with E-state index in [1.165, 1.54) is 6.07 Å². The molecular weight excluding hydrogens is 264 g/mol. The first-order valence-electron chi connectivity index (χ1n) is 6.26. The number of phenols is 1. The summed E-state index contributed by atoms with van der Waals surface area (Å²) in [4.78, 5) is 0. The summed E-state index contributed by atoms with van der Waals surface area (Å²) >= 11 is 0. The van der Waals surface area contributed by atoms with Gasteiger partial charge in [-0.05, 0) is 30.3 Å². The summed E-state index contributed by atoms with van der Waals surface area (Å²) in [6.07, 6.45) is 0. The number of aromatic hydroxyl groups is 1. The molecule has 2 aromatic carbocycles. The first-order valence-corrected chi connectivity index (χ1v) is 6.26. The fourth-order valence-corrected chi connectivity index (χ4v) is 2.28. The van der Waals surface area contributed by atoms with Gasteiger partial charge >= 0.3 is 0 Å². The van der Waals surface area contributed by atoms with Crippen molar-refractivity contribution in [3.63, 3.8) is 0 Å². The molecule has 1 heterocycles. The third kappa shape index (κ3) is 2.44. The van der Waals surface area contributed by atoms with E-state index in [9.17, 15) is 13.9 Å². The van der Waals surface area contributed by atoms with Crippen LogP contribution in [-0.4, -0.2) is 11.7 Å². The quantitative estimate of drug-likeness (QED) is 0.906. The van der Waals surface area contributed by atoms with Gasteiger partial charge in [0.25, 0.3) is 0 Å². The van der Waals surface area contributed by atoms with E-state index in [4.69, 9.17) is 4.74 Å². The molecule has 0 bridgehead atoms. The Labute approximate surface area is 114 Å². The Balaban J connectivity index is 1.73. The second kappa shape index (κ2) is 5.09. The first-order chi connectivity index (χ1) is 9.63. The van der Waals surface area contributed by atoms with Crippen molar-refractivity contribution in [1.29, 1.82) is 0 Å². The summed E-state index contributed by atoms with van der Waals surface area (Å²) in [5, 5.41) is 12.5. The number of benzene rings is 2. The molecular formula is C15H13F2NO2. The lowest BCUT2D eigenvalue weighted by Gasteiger charge is -2.12. The van der Waals surface area contributed by atoms with Gasteiger partial charge in [0.2, 0.25) is 0 Å². The molecule has 3 nitrogen and oxygen atoms in total. The van der Waals surface area contributed by atoms with Gasteiger partial charge in [-0.3, -0.25) is 0 Å². The van der Waals surface area contributed by atoms with Crippen LogP contribution >= 0.6 is 0 Å². The van der Waals surface area contributed by atoms with Crippen molar-refractivity contribution >= 4 is 0 Å². The third-order valence-electron chi connectivity index (χ3n) is 3.32. The van der Waals surface area contributed by atoms with E-state index in [0.29, 0.717) is 12.4 Å². The van der Waals surface area contributed by atoms with Crippen molar-refractivity contribution in [2.75, 3.05) is 6.61 Å². The molecule has 1 unspecified atom stereocenters. The summed E-state index contributed by atoms with van der Waals surface area (Å²) in [6.45, 7) is 0.605. The summed E-state index contributed by atoms with van der Waals surface area (Å²) in [5.41, 5.74) is 1.18. The lowest BCUT2D eigenvalue weighted by atomic mass is 10.1. The van der Waals surface area contributed by atoms with Crippen LogP contribution in [0.2, 0.25) is 0 Å². The number of nitrogens with one attached hydrogen (secondary N) is 1. The summed E-state index contributed by atoms with van der Waals surface area (Å²) < 4.78 is 32.0. The lowest BCUT2D eigenvalue weighted by Crippen LogP contribution is -2.22. The van der Waals surface area contributed by atoms with Crippen LogP contribution in [0, 0.1) is 11.6 Å². The molecule has 2 aromatic rings. The van der Waals surface area contributed by atoms with Crippen molar-refractivity contribution < 1.29 is 18.6 Å². The zero-order valence-corrected chi connectivity index (χ0v) is 10.6. The maximum absolute atomic E-state index is 13.5. The van der Waals surface area contributed by atoms with Gasteiger partial charge < -0.3 is 15.2 Å². The van der Waals surface area contributed by atoms with Crippen molar-refractivity contribution in [3.05, 3.63) is 59.2 Å². The minimum Gasteiger partial charge on any atom is -0.508 e. The molecule has 0 radical (unpaired) electrons. The second-order valence-corrected chi connectivity index (χ2v) is 4.70. The van der Waals surface area contributed by atoms with Crippen LogP contribution < -0.4 is 10.1 Å². The van der Waals surface area contributed by atoms with E-state index >= 15 is 0 Å². The Hall–Kier alpha value is -2.14. The highest BCUT2D eigenvalue weighted by Gasteiger charge is 2.24. The molecule has 1 atom stereocenters. The minimum absolute atomic E-state index is 0.103. The largest absolute Gasteiger partial charge is 0.508 e. The Morgan fingerprint density at radius 1 is 1.20 bits per heavy atom. The Bertz CT molecular complexity index is 646. The average Bonchev–Trinajstić information content (AvgIpc) is 2.82. The Morgan fingerprint density at radius 2 is 2.05 bits per heavy atom. The van der Waals surface area contributed by atoms with Crippen LogP contribution in [-0.2, 0) is 6.54 Å². The van der Waals surface area contributed by atoms with E-state index in [-0.39, 0.29) is 23.9 Å². The van der Waals surface area contributed by atoms with Gasteiger partial charge in [0, 0.05) is 23.7 Å². The van der Waals surface area contributed by atoms with E-state index in [0.717, 1.165) is 17.7 Å². The number of phenolic OH excluding ortho intramolecular Hbond substituents is 1. The van der Waals surface area contributed by atoms with Gasteiger partial charge in [-0.1, -0.05) is 0 Å². The first kappa shape index (κ1) is 12.9. The lowest BCUT2D eigenvalue weighted by molar-refractivity contribution is 0.309. The van der Waals surface area contributed by atoms with Crippen LogP contribution in [0.5, 0.6) is 11.5 Å². The van der Waals surface area contributed by atoms with Crippen molar-refractivity contribution in [2.24, 2.45) is 0 Å². The van der Waals surface area contributed by atoms with Gasteiger partial charge in [-0.15, -0.1) is 0 Å². The molecule has 1 aliphatic heterocycles. The van der Waals surface area contributed by atoms with Crippen LogP contribution in [0.15, 0.2) is 36.4 Å². The van der Waals surface area contributed by atoms with Gasteiger partial charge in [-0.25, -0.2) is 8.78 Å². The predicted octanol–water partition coefficient (Wildman–Crippen LogP) is 2.89. The smallest absolute Gasteiger partial charge is 0.127 e. The molecule has 0 amide bonds. The van der Waals surface area contributed by atoms with Crippen molar-refractivity contribution in [3.8, 4) is 11.5 Å². The number of rotatable bonds is 3. The highest BCUT2D eigenvalue weighted by molar-refractivity contribution is 5.44. The molecule has 0 spiro atoms. The van der Waals surface area contributed by atoms with Gasteiger partial charge in [0.05, 0.1) is 6.04 Å². The molecule has 5 heteroatoms. The highest BCUT2D eigenvalue weighted by atomic mass is 19.1. The molecule has 2 N–H and O–H groups in total. The van der Waals surface area contributed by atoms with E-state index in [2.05, 4.69) is 5.32 Å². The van der Waals surface area contributed by atoms with Crippen LogP contribution in [0.1, 0.15) is 17.2 Å². The van der Waals surface area contributed by atoms with Crippen molar-refractivity contribution in [2.45, 2.75) is 12.6 Å². The summed E-state index contributed by atoms with van der Waals surface area (Å²) in [5.74, 6) is -0.150. The fraction of sp³-hybridized carbons (Fsp3) is 0.200. The van der Waals surface area contributed by atoms with Crippen LogP contribution in [0.4, 0.5) is 8.78 Å². The Kier molecular flexibility index (Phi) is 3.28. The van der Waals surface area contributed by atoms with Gasteiger partial charge in [-0.2, -0.15) is 0 Å². The topological polar surface area (TPSA) is 41.5 Å². The van der Waals surface area contributed by atoms with Crippen LogP contribution in [0.3, 0.4) is 0 Å². The molecule has 0 fully saturated rings. The average molecular weight is 277 g/mol. The third-order valence-corrected chi connectivity index (χ3v) is 3.32. The molecule has 1 aliphatic rings. The summed E-state index contributed by atoms with van der Waals surface area (Å²) in [7, 11) is 0. The second-order valence-electron chi connectivity index (χ2n) is 4.70.